The molecule has 2 saturated heterocycles. The Morgan fingerprint density at radius 2 is 1.63 bits per heavy atom. The van der Waals surface area contributed by atoms with Crippen LogP contribution in [0.3, 0.4) is 0 Å². The van der Waals surface area contributed by atoms with Gasteiger partial charge in [-0.1, -0.05) is 50.0 Å². The number of ether oxygens (including phenoxy) is 1. The predicted octanol–water partition coefficient (Wildman–Crippen LogP) is 6.21. The van der Waals surface area contributed by atoms with Crippen LogP contribution in [0.15, 0.2) is 65.6 Å². The summed E-state index contributed by atoms with van der Waals surface area (Å²) in [6.45, 7) is 10.7. The van der Waals surface area contributed by atoms with Gasteiger partial charge in [-0.15, -0.1) is 0 Å². The first-order valence-electron chi connectivity index (χ1n) is 16.0. The van der Waals surface area contributed by atoms with Crippen molar-refractivity contribution in [2.75, 3.05) is 57.7 Å². The minimum absolute atomic E-state index is 0.0356. The largest absolute Gasteiger partial charge is 0.492 e. The normalized spacial score (nSPS) is 16.5. The van der Waals surface area contributed by atoms with E-state index in [2.05, 4.69) is 29.0 Å². The van der Waals surface area contributed by atoms with Crippen molar-refractivity contribution in [3.05, 3.63) is 88.3 Å². The Balaban J connectivity index is 1.27. The number of anilines is 1. The topological polar surface area (TPSA) is 102 Å². The lowest BCUT2D eigenvalue weighted by atomic mass is 10.0. The molecule has 0 aliphatic carbocycles. The average molecular weight is 709 g/mol. The first-order valence-corrected chi connectivity index (χ1v) is 17.2. The van der Waals surface area contributed by atoms with E-state index >= 15 is 0 Å². The summed E-state index contributed by atoms with van der Waals surface area (Å²) in [5, 5.41) is 11.8. The van der Waals surface area contributed by atoms with Crippen LogP contribution >= 0.6 is 24.0 Å². The van der Waals surface area contributed by atoms with Crippen molar-refractivity contribution in [3.8, 4) is 16.9 Å². The van der Waals surface area contributed by atoms with Crippen LogP contribution in [-0.4, -0.2) is 94.3 Å². The number of carboxylic acids is 1. The van der Waals surface area contributed by atoms with Crippen molar-refractivity contribution in [3.63, 3.8) is 0 Å². The van der Waals surface area contributed by atoms with Crippen LogP contribution in [0, 0.1) is 17.6 Å². The number of hydrogen-bond acceptors (Lipinski definition) is 8. The Morgan fingerprint density at radius 3 is 2.31 bits per heavy atom. The molecule has 2 heterocycles. The molecule has 5 rings (SSSR count). The molecule has 0 spiro atoms. The highest BCUT2D eigenvalue weighted by molar-refractivity contribution is 8.26. The van der Waals surface area contributed by atoms with E-state index < -0.39 is 17.6 Å². The van der Waals surface area contributed by atoms with Gasteiger partial charge in [0.1, 0.15) is 16.7 Å². The van der Waals surface area contributed by atoms with Crippen molar-refractivity contribution in [2.45, 2.75) is 20.3 Å². The van der Waals surface area contributed by atoms with E-state index in [1.807, 2.05) is 0 Å². The third kappa shape index (κ3) is 9.72. The van der Waals surface area contributed by atoms with Crippen molar-refractivity contribution in [1.29, 1.82) is 0 Å². The molecule has 2 N–H and O–H groups in total. The molecule has 13 heteroatoms. The smallest absolute Gasteiger partial charge is 0.335 e. The van der Waals surface area contributed by atoms with E-state index in [1.165, 1.54) is 35.2 Å². The number of nitrogens with zero attached hydrogens (tertiary/aromatic N) is 3. The van der Waals surface area contributed by atoms with Crippen LogP contribution in [-0.2, 0) is 9.59 Å². The third-order valence-electron chi connectivity index (χ3n) is 8.15. The molecule has 0 saturated carbocycles. The van der Waals surface area contributed by atoms with Crippen LogP contribution in [0.5, 0.6) is 5.75 Å². The van der Waals surface area contributed by atoms with Gasteiger partial charge in [0, 0.05) is 63.5 Å². The fourth-order valence-corrected chi connectivity index (χ4v) is 6.91. The summed E-state index contributed by atoms with van der Waals surface area (Å²) in [6.07, 6.45) is 1.64. The molecule has 2 fully saturated rings. The molecule has 9 nitrogen and oxygen atoms in total. The van der Waals surface area contributed by atoms with Crippen molar-refractivity contribution in [2.24, 2.45) is 5.92 Å². The summed E-state index contributed by atoms with van der Waals surface area (Å²) in [5.41, 5.74) is 2.19. The van der Waals surface area contributed by atoms with Gasteiger partial charge in [0.15, 0.2) is 11.6 Å². The lowest BCUT2D eigenvalue weighted by molar-refractivity contribution is -0.122. The molecular weight excluding hydrogens is 671 g/mol. The van der Waals surface area contributed by atoms with Gasteiger partial charge in [0.05, 0.1) is 10.5 Å². The maximum Gasteiger partial charge on any atom is 0.335 e. The summed E-state index contributed by atoms with van der Waals surface area (Å²) in [6, 6.07) is 14.7. The summed E-state index contributed by atoms with van der Waals surface area (Å²) < 4.78 is 34.3. The highest BCUT2D eigenvalue weighted by atomic mass is 32.2. The third-order valence-corrected chi connectivity index (χ3v) is 9.53. The maximum absolute atomic E-state index is 14.1. The standard InChI is InChI=1S/C36H38F2N4O5S2/c1-23(2)22-41-15-13-40(14-16-41)17-18-47-31-10-6-25(26-5-9-29(37)30(38)20-26)19-27(31)21-32-34(44)42(36(48)49-32)12-11-33(43)39-28-7-3-24(4-8-28)35(45)46/h3-10,19-21,23H,11-18,22H2,1-2H3,(H,39,43)(H,45,46). The van der Waals surface area contributed by atoms with E-state index in [4.69, 9.17) is 22.1 Å². The van der Waals surface area contributed by atoms with Crippen molar-refractivity contribution >= 4 is 57.8 Å². The number of piperazine rings is 1. The van der Waals surface area contributed by atoms with Crippen molar-refractivity contribution < 1.29 is 33.0 Å². The van der Waals surface area contributed by atoms with Gasteiger partial charge >= 0.3 is 5.97 Å². The molecule has 2 aliphatic rings. The molecule has 0 bridgehead atoms. The lowest BCUT2D eigenvalue weighted by Crippen LogP contribution is -2.48. The fourth-order valence-electron chi connectivity index (χ4n) is 5.61. The fraction of sp³-hybridized carbons (Fsp3) is 0.333. The number of nitrogens with one attached hydrogen (secondary N) is 1. The van der Waals surface area contributed by atoms with Gasteiger partial charge in [-0.25, -0.2) is 13.6 Å². The monoisotopic (exact) mass is 708 g/mol. The van der Waals surface area contributed by atoms with Crippen LogP contribution in [0.2, 0.25) is 0 Å². The number of carboxylic acid groups (broad SMARTS) is 1. The summed E-state index contributed by atoms with van der Waals surface area (Å²) >= 11 is 6.59. The molecular formula is C36H38F2N4O5S2. The molecule has 0 atom stereocenters. The van der Waals surface area contributed by atoms with E-state index in [1.54, 1.807) is 24.3 Å². The van der Waals surface area contributed by atoms with Crippen LogP contribution in [0.25, 0.3) is 17.2 Å². The molecule has 49 heavy (non-hydrogen) atoms. The number of carbonyl (C=O) groups excluding carboxylic acids is 2. The number of hydrogen-bond donors (Lipinski definition) is 2. The first kappa shape index (κ1) is 36.1. The van der Waals surface area contributed by atoms with Crippen LogP contribution in [0.4, 0.5) is 14.5 Å². The number of thioether (sulfide) groups is 1. The second-order valence-electron chi connectivity index (χ2n) is 12.3. The zero-order valence-corrected chi connectivity index (χ0v) is 28.9. The molecule has 3 aromatic carbocycles. The van der Waals surface area contributed by atoms with Gasteiger partial charge < -0.3 is 20.1 Å². The lowest BCUT2D eigenvalue weighted by Gasteiger charge is -2.35. The van der Waals surface area contributed by atoms with Gasteiger partial charge in [-0.2, -0.15) is 0 Å². The SMILES string of the molecule is CC(C)CN1CCN(CCOc2ccc(-c3ccc(F)c(F)c3)cc2C=C2SC(=S)N(CCC(=O)Nc3ccc(C(=O)O)cc3)C2=O)CC1. The number of aromatic carboxylic acids is 1. The first-order chi connectivity index (χ1) is 23.5. The molecule has 258 valence electrons. The number of carbonyl (C=O) groups is 3. The highest BCUT2D eigenvalue weighted by Gasteiger charge is 2.32. The Kier molecular flexibility index (Phi) is 12.2. The summed E-state index contributed by atoms with van der Waals surface area (Å²) in [7, 11) is 0. The predicted molar refractivity (Wildman–Crippen MR) is 192 cm³/mol. The summed E-state index contributed by atoms with van der Waals surface area (Å²) in [5.74, 6) is -2.55. The minimum atomic E-state index is -1.07. The Morgan fingerprint density at radius 1 is 0.959 bits per heavy atom. The molecule has 2 amide bonds. The van der Waals surface area contributed by atoms with Crippen molar-refractivity contribution in [1.82, 2.24) is 14.7 Å². The zero-order valence-electron chi connectivity index (χ0n) is 27.3. The number of thiocarbonyl (C=S) groups is 1. The van der Waals surface area contributed by atoms with E-state index in [-0.39, 0.29) is 30.3 Å². The highest BCUT2D eigenvalue weighted by Crippen LogP contribution is 2.36. The molecule has 3 aromatic rings. The number of benzene rings is 3. The van der Waals surface area contributed by atoms with Gasteiger partial charge in [-0.3, -0.25) is 19.4 Å². The van der Waals surface area contributed by atoms with Gasteiger partial charge in [0.2, 0.25) is 5.91 Å². The molecule has 0 aromatic heterocycles. The molecule has 0 radical (unpaired) electrons. The van der Waals surface area contributed by atoms with E-state index in [0.29, 0.717) is 49.9 Å². The second kappa shape index (κ2) is 16.5. The molecule has 0 unspecified atom stereocenters. The number of rotatable bonds is 13. The zero-order chi connectivity index (χ0) is 35.1. The van der Waals surface area contributed by atoms with Gasteiger partial charge in [-0.05, 0) is 71.7 Å². The minimum Gasteiger partial charge on any atom is -0.492 e. The van der Waals surface area contributed by atoms with Gasteiger partial charge in [0.25, 0.3) is 5.91 Å². The molecule has 2 aliphatic heterocycles. The maximum atomic E-state index is 14.1. The average Bonchev–Trinajstić information content (AvgIpc) is 3.33. The number of halogens is 2. The van der Waals surface area contributed by atoms with E-state index in [0.717, 1.165) is 63.2 Å². The number of amides is 2. The quantitative estimate of drug-likeness (QED) is 0.159. The Bertz CT molecular complexity index is 1740. The Labute approximate surface area is 293 Å². The van der Waals surface area contributed by atoms with E-state index in [9.17, 15) is 23.2 Å². The van der Waals surface area contributed by atoms with Crippen LogP contribution < -0.4 is 10.1 Å². The summed E-state index contributed by atoms with van der Waals surface area (Å²) in [4.78, 5) is 43.7. The second-order valence-corrected chi connectivity index (χ2v) is 14.0. The van der Waals surface area contributed by atoms with Crippen LogP contribution in [0.1, 0.15) is 36.2 Å². The Hall–Kier alpha value is -4.17.